The molecule has 0 unspecified atom stereocenters. The number of aromatic amines is 1. The largest absolute Gasteiger partial charge is 0.478 e. The van der Waals surface area contributed by atoms with Gasteiger partial charge in [0.2, 0.25) is 0 Å². The molecule has 80 valence electrons. The number of carboxylic acids is 1. The summed E-state index contributed by atoms with van der Waals surface area (Å²) in [6, 6.07) is 0. The summed E-state index contributed by atoms with van der Waals surface area (Å²) in [5.41, 5.74) is -0.181. The Morgan fingerprint density at radius 2 is 2.40 bits per heavy atom. The minimum atomic E-state index is -1.09. The molecule has 0 saturated heterocycles. The maximum absolute atomic E-state index is 11.1. The molecule has 0 radical (unpaired) electrons. The minimum absolute atomic E-state index is 0.0430. The Bertz CT molecular complexity index is 453. The zero-order chi connectivity index (χ0) is 11.4. The van der Waals surface area contributed by atoms with Gasteiger partial charge in [-0.25, -0.2) is 9.59 Å². The Labute approximate surface area is 90.2 Å². The van der Waals surface area contributed by atoms with Gasteiger partial charge < -0.3 is 10.1 Å². The van der Waals surface area contributed by atoms with Crippen LogP contribution in [0.4, 0.5) is 0 Å². The summed E-state index contributed by atoms with van der Waals surface area (Å²) in [5, 5.41) is 9.16. The third-order valence-electron chi connectivity index (χ3n) is 1.64. The topological polar surface area (TPSA) is 83.0 Å². The Balaban J connectivity index is 3.26. The molecular formula is C9H10N2O3S. The average Bonchev–Trinajstić information content (AvgIpc) is 2.12. The number of rotatable bonds is 4. The fourth-order valence-electron chi connectivity index (χ4n) is 1.05. The van der Waals surface area contributed by atoms with Crippen LogP contribution >= 0.6 is 11.8 Å². The first-order valence-electron chi connectivity index (χ1n) is 4.14. The normalized spacial score (nSPS) is 9.93. The second kappa shape index (κ2) is 4.79. The number of H-pyrrole nitrogens is 1. The van der Waals surface area contributed by atoms with Crippen molar-refractivity contribution < 1.29 is 9.90 Å². The highest BCUT2D eigenvalue weighted by atomic mass is 32.2. The molecule has 1 heterocycles. The van der Waals surface area contributed by atoms with E-state index in [2.05, 4.69) is 16.5 Å². The number of aromatic nitrogens is 2. The van der Waals surface area contributed by atoms with Gasteiger partial charge in [-0.15, -0.1) is 18.3 Å². The average molecular weight is 226 g/mol. The number of aryl methyl sites for hydroxylation is 1. The highest BCUT2D eigenvalue weighted by Gasteiger charge is 2.16. The van der Waals surface area contributed by atoms with Gasteiger partial charge in [0.25, 0.3) is 0 Å². The van der Waals surface area contributed by atoms with Crippen molar-refractivity contribution in [2.45, 2.75) is 11.9 Å². The van der Waals surface area contributed by atoms with E-state index in [0.717, 1.165) is 0 Å². The predicted molar refractivity (Wildman–Crippen MR) is 57.5 cm³/mol. The maximum Gasteiger partial charge on any atom is 0.346 e. The molecule has 0 bridgehead atoms. The van der Waals surface area contributed by atoms with Gasteiger partial charge in [0.15, 0.2) is 0 Å². The van der Waals surface area contributed by atoms with Gasteiger partial charge in [-0.2, -0.15) is 4.98 Å². The van der Waals surface area contributed by atoms with Gasteiger partial charge in [0.05, 0.1) is 0 Å². The number of thioether (sulfide) groups is 1. The molecule has 15 heavy (non-hydrogen) atoms. The lowest BCUT2D eigenvalue weighted by atomic mass is 10.2. The number of hydrogen-bond acceptors (Lipinski definition) is 4. The third-order valence-corrected chi connectivity index (χ3v) is 2.61. The van der Waals surface area contributed by atoms with Crippen molar-refractivity contribution in [2.24, 2.45) is 0 Å². The van der Waals surface area contributed by atoms with Crippen LogP contribution in [0.25, 0.3) is 0 Å². The number of carboxylic acid groups (broad SMARTS) is 1. The van der Waals surface area contributed by atoms with Crippen molar-refractivity contribution in [3.05, 3.63) is 34.4 Å². The highest BCUT2D eigenvalue weighted by molar-refractivity contribution is 7.99. The Kier molecular flexibility index (Phi) is 3.68. The van der Waals surface area contributed by atoms with Crippen LogP contribution in [0.2, 0.25) is 0 Å². The lowest BCUT2D eigenvalue weighted by Crippen LogP contribution is -2.18. The van der Waals surface area contributed by atoms with E-state index in [1.165, 1.54) is 18.7 Å². The van der Waals surface area contributed by atoms with Crippen molar-refractivity contribution >= 4 is 17.7 Å². The van der Waals surface area contributed by atoms with Crippen LogP contribution in [0.5, 0.6) is 0 Å². The molecule has 0 fully saturated rings. The van der Waals surface area contributed by atoms with Crippen molar-refractivity contribution in [3.63, 3.8) is 0 Å². The molecule has 2 N–H and O–H groups in total. The smallest absolute Gasteiger partial charge is 0.346 e. The van der Waals surface area contributed by atoms with Gasteiger partial charge in [-0.1, -0.05) is 6.08 Å². The second-order valence-electron chi connectivity index (χ2n) is 2.75. The number of aromatic carboxylic acids is 1. The van der Waals surface area contributed by atoms with Gasteiger partial charge in [-0.05, 0) is 6.92 Å². The van der Waals surface area contributed by atoms with Gasteiger partial charge in [0.1, 0.15) is 10.6 Å². The van der Waals surface area contributed by atoms with Crippen LogP contribution in [0.3, 0.4) is 0 Å². The van der Waals surface area contributed by atoms with Gasteiger partial charge in [0, 0.05) is 11.4 Å². The summed E-state index contributed by atoms with van der Waals surface area (Å²) in [6.07, 6.45) is 1.62. The van der Waals surface area contributed by atoms with E-state index in [9.17, 15) is 9.59 Å². The van der Waals surface area contributed by atoms with Crippen LogP contribution in [-0.4, -0.2) is 26.8 Å². The van der Waals surface area contributed by atoms with Gasteiger partial charge in [-0.3, -0.25) is 0 Å². The standard InChI is InChI=1S/C9H10N2O3S/c1-3-4-15-7-6(8(12)13)5(2)10-9(14)11-7/h3H,1,4H2,2H3,(H,12,13)(H,10,11,14). The molecule has 6 heteroatoms. The van der Waals surface area contributed by atoms with Gasteiger partial charge >= 0.3 is 11.7 Å². The molecule has 1 aromatic rings. The molecule has 0 aliphatic heterocycles. The Morgan fingerprint density at radius 1 is 1.73 bits per heavy atom. The van der Waals surface area contributed by atoms with E-state index < -0.39 is 11.7 Å². The second-order valence-corrected chi connectivity index (χ2v) is 3.76. The van der Waals surface area contributed by atoms with E-state index in [1.54, 1.807) is 6.08 Å². The van der Waals surface area contributed by atoms with E-state index >= 15 is 0 Å². The molecule has 1 aromatic heterocycles. The number of carbonyl (C=O) groups is 1. The molecule has 0 aromatic carbocycles. The fourth-order valence-corrected chi connectivity index (χ4v) is 1.86. The monoisotopic (exact) mass is 226 g/mol. The van der Waals surface area contributed by atoms with Crippen molar-refractivity contribution in [2.75, 3.05) is 5.75 Å². The lowest BCUT2D eigenvalue weighted by molar-refractivity contribution is 0.0690. The van der Waals surface area contributed by atoms with Crippen LogP contribution in [0.1, 0.15) is 16.1 Å². The molecule has 0 aliphatic carbocycles. The summed E-state index contributed by atoms with van der Waals surface area (Å²) in [7, 11) is 0. The van der Waals surface area contributed by atoms with E-state index in [-0.39, 0.29) is 10.6 Å². The number of hydrogen-bond donors (Lipinski definition) is 2. The van der Waals surface area contributed by atoms with Crippen molar-refractivity contribution in [1.82, 2.24) is 9.97 Å². The Hall–Kier alpha value is -1.56. The summed E-state index contributed by atoms with van der Waals surface area (Å²) in [5.74, 6) is -0.585. The fraction of sp³-hybridized carbons (Fsp3) is 0.222. The maximum atomic E-state index is 11.1. The lowest BCUT2D eigenvalue weighted by Gasteiger charge is -2.04. The molecule has 0 spiro atoms. The van der Waals surface area contributed by atoms with E-state index in [1.807, 2.05) is 0 Å². The van der Waals surface area contributed by atoms with E-state index in [0.29, 0.717) is 11.4 Å². The molecule has 0 atom stereocenters. The number of nitrogens with zero attached hydrogens (tertiary/aromatic N) is 1. The highest BCUT2D eigenvalue weighted by Crippen LogP contribution is 2.20. The first kappa shape index (κ1) is 11.5. The summed E-state index contributed by atoms with van der Waals surface area (Å²) in [4.78, 5) is 27.9. The first-order chi connectivity index (χ1) is 7.06. The van der Waals surface area contributed by atoms with Crippen LogP contribution < -0.4 is 5.69 Å². The van der Waals surface area contributed by atoms with Crippen LogP contribution in [0, 0.1) is 6.92 Å². The molecular weight excluding hydrogens is 216 g/mol. The minimum Gasteiger partial charge on any atom is -0.478 e. The molecule has 0 saturated carbocycles. The molecule has 1 rings (SSSR count). The predicted octanol–water partition coefficient (Wildman–Crippen LogP) is 1.05. The third kappa shape index (κ3) is 2.69. The molecule has 5 nitrogen and oxygen atoms in total. The summed E-state index contributed by atoms with van der Waals surface area (Å²) >= 11 is 1.17. The first-order valence-corrected chi connectivity index (χ1v) is 5.12. The summed E-state index contributed by atoms with van der Waals surface area (Å²) in [6.45, 7) is 5.05. The van der Waals surface area contributed by atoms with Crippen LogP contribution in [-0.2, 0) is 0 Å². The molecule has 0 amide bonds. The zero-order valence-corrected chi connectivity index (χ0v) is 8.93. The molecule has 0 aliphatic rings. The Morgan fingerprint density at radius 3 is 2.93 bits per heavy atom. The quantitative estimate of drug-likeness (QED) is 0.455. The number of nitrogens with one attached hydrogen (secondary N) is 1. The zero-order valence-electron chi connectivity index (χ0n) is 8.11. The van der Waals surface area contributed by atoms with E-state index in [4.69, 9.17) is 5.11 Å². The van der Waals surface area contributed by atoms with Crippen molar-refractivity contribution in [1.29, 1.82) is 0 Å². The SMILES string of the molecule is C=CCSc1nc(=O)[nH]c(C)c1C(=O)O. The van der Waals surface area contributed by atoms with Crippen LogP contribution in [0.15, 0.2) is 22.5 Å². The summed E-state index contributed by atoms with van der Waals surface area (Å²) < 4.78 is 0. The van der Waals surface area contributed by atoms with Crippen molar-refractivity contribution in [3.8, 4) is 0 Å².